The highest BCUT2D eigenvalue weighted by molar-refractivity contribution is 5.69. The zero-order valence-electron chi connectivity index (χ0n) is 10.5. The van der Waals surface area contributed by atoms with Gasteiger partial charge in [0.05, 0.1) is 12.6 Å². The van der Waals surface area contributed by atoms with Crippen molar-refractivity contribution in [3.8, 4) is 0 Å². The molecule has 2 rings (SSSR count). The van der Waals surface area contributed by atoms with E-state index in [9.17, 15) is 9.90 Å². The molecule has 4 heteroatoms. The molecule has 1 aromatic rings. The number of nitrogens with one attached hydrogen (secondary N) is 1. The summed E-state index contributed by atoms with van der Waals surface area (Å²) in [5.74, 6) is -0.894. The second-order valence-corrected chi connectivity index (χ2v) is 4.75. The zero-order chi connectivity index (χ0) is 13.1. The lowest BCUT2D eigenvalue weighted by atomic mass is 9.84. The highest BCUT2D eigenvalue weighted by Gasteiger charge is 2.27. The summed E-state index contributed by atoms with van der Waals surface area (Å²) in [5.41, 5.74) is 3.40. The van der Waals surface area contributed by atoms with Crippen LogP contribution in [0.1, 0.15) is 36.1 Å². The van der Waals surface area contributed by atoms with Gasteiger partial charge in [0.15, 0.2) is 0 Å². The SMILES string of the molecule is CCc1ccc2c(c1)CCC(NCC(=O)O)[C@@H]2O. The van der Waals surface area contributed by atoms with Gasteiger partial charge in [0, 0.05) is 6.04 Å². The number of hydrogen-bond donors (Lipinski definition) is 3. The molecule has 0 bridgehead atoms. The number of carboxylic acid groups (broad SMARTS) is 1. The summed E-state index contributed by atoms with van der Waals surface area (Å²) in [7, 11) is 0. The van der Waals surface area contributed by atoms with E-state index >= 15 is 0 Å². The molecule has 0 heterocycles. The average Bonchev–Trinajstić information content (AvgIpc) is 2.37. The normalized spacial score (nSPS) is 22.6. The van der Waals surface area contributed by atoms with Crippen LogP contribution in [-0.4, -0.2) is 28.8 Å². The van der Waals surface area contributed by atoms with Gasteiger partial charge < -0.3 is 15.5 Å². The van der Waals surface area contributed by atoms with Crippen LogP contribution in [0.5, 0.6) is 0 Å². The maximum atomic E-state index is 10.5. The smallest absolute Gasteiger partial charge is 0.317 e. The van der Waals surface area contributed by atoms with E-state index in [-0.39, 0.29) is 12.6 Å². The Kier molecular flexibility index (Phi) is 3.99. The minimum atomic E-state index is -0.894. The van der Waals surface area contributed by atoms with Crippen LogP contribution in [-0.2, 0) is 17.6 Å². The van der Waals surface area contributed by atoms with Crippen LogP contribution in [0, 0.1) is 0 Å². The molecule has 0 amide bonds. The van der Waals surface area contributed by atoms with Crippen molar-refractivity contribution in [3.63, 3.8) is 0 Å². The van der Waals surface area contributed by atoms with Gasteiger partial charge in [-0.25, -0.2) is 0 Å². The van der Waals surface area contributed by atoms with Gasteiger partial charge in [-0.3, -0.25) is 4.79 Å². The lowest BCUT2D eigenvalue weighted by Crippen LogP contribution is -2.40. The Labute approximate surface area is 107 Å². The van der Waals surface area contributed by atoms with Crippen LogP contribution < -0.4 is 5.32 Å². The Hall–Kier alpha value is -1.39. The number of rotatable bonds is 4. The van der Waals surface area contributed by atoms with Gasteiger partial charge in [-0.2, -0.15) is 0 Å². The number of hydrogen-bond acceptors (Lipinski definition) is 3. The Balaban J connectivity index is 2.13. The van der Waals surface area contributed by atoms with Gasteiger partial charge in [0.1, 0.15) is 0 Å². The summed E-state index contributed by atoms with van der Waals surface area (Å²) < 4.78 is 0. The maximum Gasteiger partial charge on any atom is 0.317 e. The summed E-state index contributed by atoms with van der Waals surface area (Å²) >= 11 is 0. The van der Waals surface area contributed by atoms with Gasteiger partial charge in [0.25, 0.3) is 0 Å². The number of aliphatic hydroxyl groups excluding tert-OH is 1. The molecule has 18 heavy (non-hydrogen) atoms. The number of aryl methyl sites for hydroxylation is 2. The van der Waals surface area contributed by atoms with Crippen molar-refractivity contribution < 1.29 is 15.0 Å². The molecule has 1 aliphatic rings. The van der Waals surface area contributed by atoms with E-state index in [1.807, 2.05) is 12.1 Å². The molecule has 2 atom stereocenters. The zero-order valence-corrected chi connectivity index (χ0v) is 10.5. The molecule has 1 aromatic carbocycles. The third-order valence-corrected chi connectivity index (χ3v) is 3.56. The standard InChI is InChI=1S/C14H19NO3/c1-2-9-3-5-11-10(7-9)4-6-12(14(11)18)15-8-13(16)17/h3,5,7,12,14-15,18H,2,4,6,8H2,1H3,(H,16,17)/t12?,14-/m1/s1. The third kappa shape index (κ3) is 2.71. The maximum absolute atomic E-state index is 10.5. The molecule has 0 spiro atoms. The van der Waals surface area contributed by atoms with Gasteiger partial charge in [-0.05, 0) is 36.0 Å². The summed E-state index contributed by atoms with van der Waals surface area (Å²) in [6.07, 6.45) is 2.04. The van der Waals surface area contributed by atoms with Crippen LogP contribution in [0.4, 0.5) is 0 Å². The quantitative estimate of drug-likeness (QED) is 0.751. The molecule has 98 valence electrons. The first-order chi connectivity index (χ1) is 8.61. The first-order valence-corrected chi connectivity index (χ1v) is 6.36. The first-order valence-electron chi connectivity index (χ1n) is 6.36. The van der Waals surface area contributed by atoms with E-state index in [1.165, 1.54) is 11.1 Å². The second kappa shape index (κ2) is 5.50. The summed E-state index contributed by atoms with van der Waals surface area (Å²) in [6, 6.07) is 5.97. The minimum Gasteiger partial charge on any atom is -0.480 e. The van der Waals surface area contributed by atoms with Gasteiger partial charge >= 0.3 is 5.97 Å². The van der Waals surface area contributed by atoms with E-state index in [0.717, 1.165) is 24.8 Å². The number of benzene rings is 1. The van der Waals surface area contributed by atoms with E-state index < -0.39 is 12.1 Å². The molecule has 0 radical (unpaired) electrons. The summed E-state index contributed by atoms with van der Waals surface area (Å²) in [4.78, 5) is 10.5. The van der Waals surface area contributed by atoms with Gasteiger partial charge in [-0.1, -0.05) is 25.1 Å². The second-order valence-electron chi connectivity index (χ2n) is 4.75. The van der Waals surface area contributed by atoms with Crippen molar-refractivity contribution in [2.75, 3.05) is 6.54 Å². The van der Waals surface area contributed by atoms with E-state index in [2.05, 4.69) is 18.3 Å². The van der Waals surface area contributed by atoms with Crippen LogP contribution in [0.3, 0.4) is 0 Å². The molecule has 0 aliphatic heterocycles. The number of aliphatic carboxylic acids is 1. The monoisotopic (exact) mass is 249 g/mol. The molecule has 3 N–H and O–H groups in total. The summed E-state index contributed by atoms with van der Waals surface area (Å²) in [5, 5.41) is 21.8. The van der Waals surface area contributed by atoms with Crippen molar-refractivity contribution >= 4 is 5.97 Å². The molecule has 0 saturated heterocycles. The molecule has 1 unspecified atom stereocenters. The fourth-order valence-corrected chi connectivity index (χ4v) is 2.50. The number of carboxylic acids is 1. The van der Waals surface area contributed by atoms with E-state index in [1.54, 1.807) is 0 Å². The molecule has 0 saturated carbocycles. The van der Waals surface area contributed by atoms with Crippen molar-refractivity contribution in [2.45, 2.75) is 38.3 Å². The number of carbonyl (C=O) groups is 1. The van der Waals surface area contributed by atoms with Crippen LogP contribution in [0.25, 0.3) is 0 Å². The fraction of sp³-hybridized carbons (Fsp3) is 0.500. The van der Waals surface area contributed by atoms with Crippen LogP contribution in [0.2, 0.25) is 0 Å². The van der Waals surface area contributed by atoms with Crippen molar-refractivity contribution in [3.05, 3.63) is 34.9 Å². The highest BCUT2D eigenvalue weighted by Crippen LogP contribution is 2.30. The molecule has 1 aliphatic carbocycles. The molecule has 4 nitrogen and oxygen atoms in total. The largest absolute Gasteiger partial charge is 0.480 e. The van der Waals surface area contributed by atoms with Crippen molar-refractivity contribution in [1.82, 2.24) is 5.32 Å². The van der Waals surface area contributed by atoms with Crippen molar-refractivity contribution in [1.29, 1.82) is 0 Å². The Morgan fingerprint density at radius 1 is 1.50 bits per heavy atom. The van der Waals surface area contributed by atoms with Gasteiger partial charge in [-0.15, -0.1) is 0 Å². The van der Waals surface area contributed by atoms with Crippen molar-refractivity contribution in [2.24, 2.45) is 0 Å². The topological polar surface area (TPSA) is 69.6 Å². The Bertz CT molecular complexity index is 445. The Morgan fingerprint density at radius 3 is 2.94 bits per heavy atom. The highest BCUT2D eigenvalue weighted by atomic mass is 16.4. The molecular weight excluding hydrogens is 230 g/mol. The fourth-order valence-electron chi connectivity index (χ4n) is 2.50. The van der Waals surface area contributed by atoms with E-state index in [0.29, 0.717) is 0 Å². The van der Waals surface area contributed by atoms with Crippen LogP contribution >= 0.6 is 0 Å². The third-order valence-electron chi connectivity index (χ3n) is 3.56. The molecular formula is C14H19NO3. The van der Waals surface area contributed by atoms with Gasteiger partial charge in [0.2, 0.25) is 0 Å². The lowest BCUT2D eigenvalue weighted by molar-refractivity contribution is -0.136. The number of aliphatic hydroxyl groups is 1. The molecule has 0 aromatic heterocycles. The van der Waals surface area contributed by atoms with E-state index in [4.69, 9.17) is 5.11 Å². The average molecular weight is 249 g/mol. The lowest BCUT2D eigenvalue weighted by Gasteiger charge is -2.30. The minimum absolute atomic E-state index is 0.107. The predicted octanol–water partition coefficient (Wildman–Crippen LogP) is 1.27. The number of fused-ring (bicyclic) bond motifs is 1. The first kappa shape index (κ1) is 13.1. The predicted molar refractivity (Wildman–Crippen MR) is 68.5 cm³/mol. The summed E-state index contributed by atoms with van der Waals surface area (Å²) in [6.45, 7) is 2.00. The molecule has 0 fully saturated rings. The van der Waals surface area contributed by atoms with Crippen LogP contribution in [0.15, 0.2) is 18.2 Å². The Morgan fingerprint density at radius 2 is 2.28 bits per heavy atom.